The zero-order valence-electron chi connectivity index (χ0n) is 13.2. The number of hydrogen-bond acceptors (Lipinski definition) is 5. The standard InChI is InChI=1S/C17H15ClN4O2.ClH/c18-13-7-12(16-10-20-5-6-24-16)2-4-14(13)22-17(23)15-3-1-11(8-19)9-21-15;/h1-4,7,9,16,20H,5-6,10H2,(H,22,23);1H. The third-order valence-corrected chi connectivity index (χ3v) is 3.98. The molecule has 1 aliphatic heterocycles. The van der Waals surface area contributed by atoms with Crippen LogP contribution in [0.1, 0.15) is 27.7 Å². The molecule has 1 aromatic heterocycles. The highest BCUT2D eigenvalue weighted by molar-refractivity contribution is 6.34. The number of aromatic nitrogens is 1. The van der Waals surface area contributed by atoms with Crippen molar-refractivity contribution in [2.75, 3.05) is 25.0 Å². The van der Waals surface area contributed by atoms with Gasteiger partial charge in [0.05, 0.1) is 29.0 Å². The molecule has 6 nitrogen and oxygen atoms in total. The summed E-state index contributed by atoms with van der Waals surface area (Å²) in [5.41, 5.74) is 2.08. The minimum atomic E-state index is -0.385. The number of nitrogens with one attached hydrogen (secondary N) is 2. The zero-order chi connectivity index (χ0) is 16.9. The Bertz CT molecular complexity index is 784. The van der Waals surface area contributed by atoms with E-state index in [2.05, 4.69) is 15.6 Å². The highest BCUT2D eigenvalue weighted by Crippen LogP contribution is 2.28. The Labute approximate surface area is 156 Å². The molecule has 1 fully saturated rings. The Morgan fingerprint density at radius 1 is 1.40 bits per heavy atom. The van der Waals surface area contributed by atoms with Crippen LogP contribution in [-0.4, -0.2) is 30.6 Å². The highest BCUT2D eigenvalue weighted by atomic mass is 35.5. The van der Waals surface area contributed by atoms with Gasteiger partial charge >= 0.3 is 0 Å². The van der Waals surface area contributed by atoms with Crippen LogP contribution in [0.2, 0.25) is 5.02 Å². The van der Waals surface area contributed by atoms with Gasteiger partial charge < -0.3 is 15.4 Å². The van der Waals surface area contributed by atoms with Crippen molar-refractivity contribution in [3.63, 3.8) is 0 Å². The number of amides is 1. The first kappa shape index (κ1) is 19.2. The number of carbonyl (C=O) groups is 1. The fraction of sp³-hybridized carbons (Fsp3) is 0.235. The minimum absolute atomic E-state index is 0. The molecule has 1 amide bonds. The number of hydrogen-bond donors (Lipinski definition) is 2. The number of rotatable bonds is 3. The molecule has 8 heteroatoms. The van der Waals surface area contributed by atoms with Crippen LogP contribution in [-0.2, 0) is 4.74 Å². The third-order valence-electron chi connectivity index (χ3n) is 3.67. The largest absolute Gasteiger partial charge is 0.371 e. The first-order valence-corrected chi connectivity index (χ1v) is 7.84. The quantitative estimate of drug-likeness (QED) is 0.856. The topological polar surface area (TPSA) is 87.0 Å². The molecule has 2 aromatic rings. The summed E-state index contributed by atoms with van der Waals surface area (Å²) in [4.78, 5) is 16.2. The maximum Gasteiger partial charge on any atom is 0.274 e. The van der Waals surface area contributed by atoms with E-state index < -0.39 is 0 Å². The van der Waals surface area contributed by atoms with E-state index in [0.717, 1.165) is 18.7 Å². The average molecular weight is 379 g/mol. The number of morpholine rings is 1. The Morgan fingerprint density at radius 2 is 2.24 bits per heavy atom. The van der Waals surface area contributed by atoms with E-state index in [1.54, 1.807) is 18.2 Å². The van der Waals surface area contributed by atoms with Crippen molar-refractivity contribution in [1.82, 2.24) is 10.3 Å². The Morgan fingerprint density at radius 3 is 2.84 bits per heavy atom. The minimum Gasteiger partial charge on any atom is -0.371 e. The van der Waals surface area contributed by atoms with Gasteiger partial charge in [0.1, 0.15) is 11.8 Å². The van der Waals surface area contributed by atoms with Crippen molar-refractivity contribution in [1.29, 1.82) is 5.26 Å². The molecule has 0 aliphatic carbocycles. The number of anilines is 1. The monoisotopic (exact) mass is 378 g/mol. The second-order valence-electron chi connectivity index (χ2n) is 5.30. The molecule has 0 radical (unpaired) electrons. The van der Waals surface area contributed by atoms with Crippen LogP contribution in [0.15, 0.2) is 36.5 Å². The summed E-state index contributed by atoms with van der Waals surface area (Å²) in [6, 6.07) is 10.4. The van der Waals surface area contributed by atoms with Gasteiger partial charge in [0.25, 0.3) is 5.91 Å². The molecule has 1 aromatic carbocycles. The molecule has 0 saturated carbocycles. The Balaban J connectivity index is 0.00000225. The predicted molar refractivity (Wildman–Crippen MR) is 97.2 cm³/mol. The van der Waals surface area contributed by atoms with Crippen molar-refractivity contribution in [3.05, 3.63) is 58.4 Å². The first-order chi connectivity index (χ1) is 11.7. The summed E-state index contributed by atoms with van der Waals surface area (Å²) < 4.78 is 5.69. The second kappa shape index (κ2) is 8.79. The molecule has 25 heavy (non-hydrogen) atoms. The van der Waals surface area contributed by atoms with Gasteiger partial charge in [-0.05, 0) is 29.8 Å². The summed E-state index contributed by atoms with van der Waals surface area (Å²) >= 11 is 6.27. The number of nitriles is 1. The van der Waals surface area contributed by atoms with Crippen molar-refractivity contribution in [3.8, 4) is 6.07 Å². The zero-order valence-corrected chi connectivity index (χ0v) is 14.7. The van der Waals surface area contributed by atoms with E-state index in [0.29, 0.717) is 22.9 Å². The van der Waals surface area contributed by atoms with Crippen LogP contribution in [0.3, 0.4) is 0 Å². The summed E-state index contributed by atoms with van der Waals surface area (Å²) in [6.45, 7) is 2.23. The van der Waals surface area contributed by atoms with E-state index in [4.69, 9.17) is 21.6 Å². The molecular weight excluding hydrogens is 363 g/mol. The second-order valence-corrected chi connectivity index (χ2v) is 5.71. The van der Waals surface area contributed by atoms with Gasteiger partial charge in [0.2, 0.25) is 0 Å². The van der Waals surface area contributed by atoms with Crippen LogP contribution >= 0.6 is 24.0 Å². The summed E-state index contributed by atoms with van der Waals surface area (Å²) in [6.07, 6.45) is 1.31. The van der Waals surface area contributed by atoms with Gasteiger partial charge in [-0.2, -0.15) is 5.26 Å². The lowest BCUT2D eigenvalue weighted by Crippen LogP contribution is -2.33. The van der Waals surface area contributed by atoms with Crippen LogP contribution in [0, 0.1) is 11.3 Å². The van der Waals surface area contributed by atoms with Gasteiger partial charge in [-0.1, -0.05) is 17.7 Å². The van der Waals surface area contributed by atoms with Crippen LogP contribution in [0.4, 0.5) is 5.69 Å². The number of pyridine rings is 1. The Hall–Kier alpha value is -2.17. The maximum atomic E-state index is 12.2. The van der Waals surface area contributed by atoms with E-state index >= 15 is 0 Å². The highest BCUT2D eigenvalue weighted by Gasteiger charge is 2.17. The SMILES string of the molecule is Cl.N#Cc1ccc(C(=O)Nc2ccc(C3CNCCO3)cc2Cl)nc1. The molecule has 1 atom stereocenters. The molecule has 1 saturated heterocycles. The van der Waals surface area contributed by atoms with E-state index in [-0.39, 0.29) is 30.1 Å². The molecular formula is C17H16Cl2N4O2. The predicted octanol–water partition coefficient (Wildman–Crippen LogP) is 2.94. The van der Waals surface area contributed by atoms with Gasteiger partial charge in [0.15, 0.2) is 0 Å². The molecule has 0 bridgehead atoms. The average Bonchev–Trinajstić information content (AvgIpc) is 2.64. The van der Waals surface area contributed by atoms with Crippen LogP contribution in [0.25, 0.3) is 0 Å². The Kier molecular flexibility index (Phi) is 6.73. The van der Waals surface area contributed by atoms with Gasteiger partial charge in [0, 0.05) is 19.3 Å². The fourth-order valence-corrected chi connectivity index (χ4v) is 2.63. The molecule has 130 valence electrons. The lowest BCUT2D eigenvalue weighted by Gasteiger charge is -2.24. The molecule has 1 unspecified atom stereocenters. The van der Waals surface area contributed by atoms with Gasteiger partial charge in [-0.3, -0.25) is 4.79 Å². The van der Waals surface area contributed by atoms with E-state index in [9.17, 15) is 4.79 Å². The first-order valence-electron chi connectivity index (χ1n) is 7.46. The van der Waals surface area contributed by atoms with Crippen LogP contribution < -0.4 is 10.6 Å². The van der Waals surface area contributed by atoms with E-state index in [1.807, 2.05) is 12.1 Å². The van der Waals surface area contributed by atoms with Crippen LogP contribution in [0.5, 0.6) is 0 Å². The lowest BCUT2D eigenvalue weighted by atomic mass is 10.1. The lowest BCUT2D eigenvalue weighted by molar-refractivity contribution is 0.0277. The van der Waals surface area contributed by atoms with Gasteiger partial charge in [-0.25, -0.2) is 4.98 Å². The summed E-state index contributed by atoms with van der Waals surface area (Å²) in [5.74, 6) is -0.385. The molecule has 1 aliphatic rings. The number of carbonyl (C=O) groups excluding carboxylic acids is 1. The normalized spacial score (nSPS) is 16.4. The van der Waals surface area contributed by atoms with E-state index in [1.165, 1.54) is 12.3 Å². The van der Waals surface area contributed by atoms with Gasteiger partial charge in [-0.15, -0.1) is 12.4 Å². The van der Waals surface area contributed by atoms with Crippen molar-refractivity contribution in [2.45, 2.75) is 6.10 Å². The fourth-order valence-electron chi connectivity index (χ4n) is 2.39. The number of ether oxygens (including phenoxy) is 1. The smallest absolute Gasteiger partial charge is 0.274 e. The molecule has 2 heterocycles. The van der Waals surface area contributed by atoms with Crippen molar-refractivity contribution in [2.24, 2.45) is 0 Å². The van der Waals surface area contributed by atoms with Crippen molar-refractivity contribution < 1.29 is 9.53 Å². The molecule has 2 N–H and O–H groups in total. The maximum absolute atomic E-state index is 12.2. The summed E-state index contributed by atoms with van der Waals surface area (Å²) in [5, 5.41) is 15.2. The molecule has 3 rings (SSSR count). The number of halogens is 2. The van der Waals surface area contributed by atoms with Crippen molar-refractivity contribution >= 4 is 35.6 Å². The summed E-state index contributed by atoms with van der Waals surface area (Å²) in [7, 11) is 0. The number of nitrogens with zero attached hydrogens (tertiary/aromatic N) is 2. The number of benzene rings is 1. The molecule has 0 spiro atoms. The third kappa shape index (κ3) is 4.68.